The predicted molar refractivity (Wildman–Crippen MR) is 98.9 cm³/mol. The van der Waals surface area contributed by atoms with Gasteiger partial charge in [-0.2, -0.15) is 0 Å². The molecule has 2 aromatic rings. The van der Waals surface area contributed by atoms with E-state index < -0.39 is 9.84 Å². The van der Waals surface area contributed by atoms with E-state index in [1.54, 1.807) is 9.80 Å². The molecular weight excluding hydrogens is 336 g/mol. The zero-order valence-electron chi connectivity index (χ0n) is 14.2. The van der Waals surface area contributed by atoms with Gasteiger partial charge >= 0.3 is 6.03 Å². The number of hydrogen-bond acceptors (Lipinski definition) is 3. The van der Waals surface area contributed by atoms with Crippen LogP contribution in [0.2, 0.25) is 0 Å². The van der Waals surface area contributed by atoms with E-state index >= 15 is 0 Å². The number of benzene rings is 2. The van der Waals surface area contributed by atoms with Crippen LogP contribution in [0.15, 0.2) is 48.5 Å². The number of sulfone groups is 1. The molecule has 130 valence electrons. The van der Waals surface area contributed by atoms with E-state index in [4.69, 9.17) is 0 Å². The Hall–Kier alpha value is -2.34. The van der Waals surface area contributed by atoms with Crippen LogP contribution in [-0.4, -0.2) is 38.0 Å². The van der Waals surface area contributed by atoms with Crippen LogP contribution in [0.4, 0.5) is 16.2 Å². The Morgan fingerprint density at radius 3 is 1.92 bits per heavy atom. The lowest BCUT2D eigenvalue weighted by Crippen LogP contribution is -2.38. The maximum absolute atomic E-state index is 13.2. The number of rotatable bonds is 2. The van der Waals surface area contributed by atoms with E-state index in [0.717, 1.165) is 22.5 Å². The molecule has 0 bridgehead atoms. The lowest BCUT2D eigenvalue weighted by Gasteiger charge is -2.23. The zero-order valence-corrected chi connectivity index (χ0v) is 15.0. The van der Waals surface area contributed by atoms with Crippen molar-refractivity contribution < 1.29 is 13.2 Å². The summed E-state index contributed by atoms with van der Waals surface area (Å²) >= 11 is 0. The van der Waals surface area contributed by atoms with Crippen molar-refractivity contribution in [2.45, 2.75) is 25.9 Å². The van der Waals surface area contributed by atoms with Crippen molar-refractivity contribution in [3.8, 4) is 0 Å². The summed E-state index contributed by atoms with van der Waals surface area (Å²) in [6, 6.07) is 14.4. The molecule has 25 heavy (non-hydrogen) atoms. The second kappa shape index (κ2) is 5.59. The van der Waals surface area contributed by atoms with E-state index in [-0.39, 0.29) is 29.6 Å². The van der Waals surface area contributed by atoms with Crippen molar-refractivity contribution in [1.29, 1.82) is 0 Å². The minimum atomic E-state index is -3.17. The molecule has 2 aliphatic heterocycles. The maximum Gasteiger partial charge on any atom is 0.329 e. The molecule has 0 aliphatic carbocycles. The highest BCUT2D eigenvalue weighted by Crippen LogP contribution is 2.38. The SMILES string of the molecule is Cc1cc(C)cc(N2C(=O)N(c3ccccc3)[C@H]3CS(=O)(=O)C[C@H]32)c1. The van der Waals surface area contributed by atoms with Crippen molar-refractivity contribution in [1.82, 2.24) is 0 Å². The standard InChI is InChI=1S/C19H20N2O3S/c1-13-8-14(2)10-16(9-13)21-18-12-25(23,24)11-17(18)20(19(21)22)15-6-4-3-5-7-15/h3-10,17-18H,11-12H2,1-2H3/t17-,18+/m0/s1. The van der Waals surface area contributed by atoms with Crippen LogP contribution in [-0.2, 0) is 9.84 Å². The number of carbonyl (C=O) groups excluding carboxylic acids is 1. The van der Waals surface area contributed by atoms with Gasteiger partial charge in [-0.1, -0.05) is 24.3 Å². The van der Waals surface area contributed by atoms with Crippen LogP contribution in [0, 0.1) is 13.8 Å². The number of nitrogens with zero attached hydrogens (tertiary/aromatic N) is 2. The molecule has 2 amide bonds. The molecule has 2 atom stereocenters. The Kier molecular flexibility index (Phi) is 3.61. The first-order chi connectivity index (χ1) is 11.9. The highest BCUT2D eigenvalue weighted by atomic mass is 32.2. The minimum absolute atomic E-state index is 0.0135. The zero-order chi connectivity index (χ0) is 17.8. The monoisotopic (exact) mass is 356 g/mol. The predicted octanol–water partition coefficient (Wildman–Crippen LogP) is 2.92. The largest absolute Gasteiger partial charge is 0.329 e. The summed E-state index contributed by atoms with van der Waals surface area (Å²) in [4.78, 5) is 16.5. The smallest absolute Gasteiger partial charge is 0.288 e. The molecule has 0 saturated carbocycles. The summed E-state index contributed by atoms with van der Waals surface area (Å²) < 4.78 is 24.5. The van der Waals surface area contributed by atoms with E-state index in [0.29, 0.717) is 0 Å². The van der Waals surface area contributed by atoms with Gasteiger partial charge in [0.1, 0.15) is 0 Å². The molecule has 0 N–H and O–H groups in total. The van der Waals surface area contributed by atoms with Gasteiger partial charge in [-0.25, -0.2) is 13.2 Å². The molecule has 4 rings (SSSR count). The van der Waals surface area contributed by atoms with Gasteiger partial charge in [0.15, 0.2) is 9.84 Å². The quantitative estimate of drug-likeness (QED) is 0.778. The van der Waals surface area contributed by atoms with Crippen LogP contribution >= 0.6 is 0 Å². The fraction of sp³-hybridized carbons (Fsp3) is 0.316. The molecule has 0 aromatic heterocycles. The van der Waals surface area contributed by atoms with Crippen LogP contribution < -0.4 is 9.80 Å². The second-order valence-corrected chi connectivity index (χ2v) is 9.07. The fourth-order valence-electron chi connectivity index (χ4n) is 3.99. The van der Waals surface area contributed by atoms with Crippen molar-refractivity contribution in [2.24, 2.45) is 0 Å². The first kappa shape index (κ1) is 16.1. The van der Waals surface area contributed by atoms with Gasteiger partial charge in [-0.05, 0) is 49.2 Å². The van der Waals surface area contributed by atoms with Gasteiger partial charge in [-0.15, -0.1) is 0 Å². The Bertz CT molecular complexity index is 920. The third-order valence-electron chi connectivity index (χ3n) is 4.89. The van der Waals surface area contributed by atoms with Crippen LogP contribution in [0.3, 0.4) is 0 Å². The summed E-state index contributed by atoms with van der Waals surface area (Å²) in [5.74, 6) is 0.0271. The lowest BCUT2D eigenvalue weighted by molar-refractivity contribution is 0.255. The first-order valence-corrected chi connectivity index (χ1v) is 10.1. The van der Waals surface area contributed by atoms with Gasteiger partial charge in [0.2, 0.25) is 0 Å². The molecule has 5 nitrogen and oxygen atoms in total. The molecule has 2 aliphatic rings. The Morgan fingerprint density at radius 2 is 1.36 bits per heavy atom. The maximum atomic E-state index is 13.2. The molecule has 2 fully saturated rings. The number of aryl methyl sites for hydroxylation is 2. The Balaban J connectivity index is 1.83. The number of fused-ring (bicyclic) bond motifs is 1. The van der Waals surface area contributed by atoms with Crippen LogP contribution in [0.1, 0.15) is 11.1 Å². The number of carbonyl (C=O) groups is 1. The molecule has 6 heteroatoms. The van der Waals surface area contributed by atoms with Crippen LogP contribution in [0.5, 0.6) is 0 Å². The summed E-state index contributed by atoms with van der Waals surface area (Å²) in [6.45, 7) is 3.96. The summed E-state index contributed by atoms with van der Waals surface area (Å²) in [5, 5.41) is 0. The Morgan fingerprint density at radius 1 is 0.840 bits per heavy atom. The molecule has 2 aromatic carbocycles. The third-order valence-corrected chi connectivity index (χ3v) is 6.59. The van der Waals surface area contributed by atoms with E-state index in [1.807, 2.05) is 62.4 Å². The molecule has 0 spiro atoms. The number of amides is 2. The lowest BCUT2D eigenvalue weighted by atomic mass is 10.1. The molecule has 2 saturated heterocycles. The van der Waals surface area contributed by atoms with Gasteiger partial charge in [-0.3, -0.25) is 9.80 Å². The molecule has 0 radical (unpaired) electrons. The minimum Gasteiger partial charge on any atom is -0.288 e. The summed E-state index contributed by atoms with van der Waals surface area (Å²) in [6.07, 6.45) is 0. The molecular formula is C19H20N2O3S. The van der Waals surface area contributed by atoms with Gasteiger partial charge in [0, 0.05) is 11.4 Å². The molecule has 2 heterocycles. The van der Waals surface area contributed by atoms with E-state index in [9.17, 15) is 13.2 Å². The highest BCUT2D eigenvalue weighted by molar-refractivity contribution is 7.91. The topological polar surface area (TPSA) is 57.7 Å². The van der Waals surface area contributed by atoms with Crippen molar-refractivity contribution in [2.75, 3.05) is 21.3 Å². The van der Waals surface area contributed by atoms with Crippen molar-refractivity contribution >= 4 is 27.2 Å². The van der Waals surface area contributed by atoms with Crippen molar-refractivity contribution in [3.63, 3.8) is 0 Å². The molecule has 0 unspecified atom stereocenters. The van der Waals surface area contributed by atoms with Gasteiger partial charge in [0.25, 0.3) is 0 Å². The van der Waals surface area contributed by atoms with E-state index in [1.165, 1.54) is 0 Å². The normalized spacial score (nSPS) is 24.6. The second-order valence-electron chi connectivity index (χ2n) is 6.92. The summed E-state index contributed by atoms with van der Waals surface area (Å²) in [5.41, 5.74) is 3.62. The highest BCUT2D eigenvalue weighted by Gasteiger charge is 2.54. The van der Waals surface area contributed by atoms with E-state index in [2.05, 4.69) is 0 Å². The van der Waals surface area contributed by atoms with Crippen molar-refractivity contribution in [3.05, 3.63) is 59.7 Å². The van der Waals surface area contributed by atoms with Gasteiger partial charge < -0.3 is 0 Å². The first-order valence-electron chi connectivity index (χ1n) is 8.32. The number of hydrogen-bond donors (Lipinski definition) is 0. The third kappa shape index (κ3) is 2.70. The fourth-order valence-corrected chi connectivity index (χ4v) is 5.90. The summed E-state index contributed by atoms with van der Waals surface area (Å²) in [7, 11) is -3.17. The average Bonchev–Trinajstić information content (AvgIpc) is 2.95. The number of para-hydroxylation sites is 1. The average molecular weight is 356 g/mol. The Labute approximate surface area is 147 Å². The number of urea groups is 1. The van der Waals surface area contributed by atoms with Gasteiger partial charge in [0.05, 0.1) is 23.6 Å². The number of anilines is 2. The van der Waals surface area contributed by atoms with Crippen LogP contribution in [0.25, 0.3) is 0 Å².